The van der Waals surface area contributed by atoms with Crippen molar-refractivity contribution in [2.45, 2.75) is 25.9 Å². The minimum absolute atomic E-state index is 0.117. The van der Waals surface area contributed by atoms with Gasteiger partial charge in [0.25, 0.3) is 5.56 Å². The Hall–Kier alpha value is -1.60. The van der Waals surface area contributed by atoms with E-state index in [2.05, 4.69) is 15.4 Å². The van der Waals surface area contributed by atoms with Crippen LogP contribution in [0.15, 0.2) is 21.2 Å². The molecule has 3 rings (SSSR count). The van der Waals surface area contributed by atoms with Crippen molar-refractivity contribution in [3.05, 3.63) is 42.3 Å². The number of nitrogens with zero attached hydrogens (tertiary/aromatic N) is 2. The normalized spacial score (nSPS) is 14.4. The molecule has 0 amide bonds. The van der Waals surface area contributed by atoms with E-state index in [4.69, 9.17) is 11.6 Å². The predicted octanol–water partition coefficient (Wildman–Crippen LogP) is 1.67. The number of aromatic nitrogens is 3. The Morgan fingerprint density at radius 2 is 2.30 bits per heavy atom. The SMILES string of the molecule is O=c1[nH]c(CNc2c(Cl)cnn(CC3CC3)c2=O)cs1. The second kappa shape index (κ2) is 5.41. The minimum Gasteiger partial charge on any atom is -0.374 e. The highest BCUT2D eigenvalue weighted by Crippen LogP contribution is 2.30. The van der Waals surface area contributed by atoms with E-state index in [-0.39, 0.29) is 10.4 Å². The van der Waals surface area contributed by atoms with Crippen molar-refractivity contribution in [2.75, 3.05) is 5.32 Å². The van der Waals surface area contributed by atoms with Gasteiger partial charge in [-0.3, -0.25) is 9.59 Å². The Morgan fingerprint density at radius 1 is 1.50 bits per heavy atom. The van der Waals surface area contributed by atoms with Crippen LogP contribution in [0.2, 0.25) is 5.02 Å². The first kappa shape index (κ1) is 13.4. The summed E-state index contributed by atoms with van der Waals surface area (Å²) in [6.07, 6.45) is 3.77. The Labute approximate surface area is 123 Å². The third-order valence-corrected chi connectivity index (χ3v) is 4.16. The summed E-state index contributed by atoms with van der Waals surface area (Å²) >= 11 is 7.11. The molecule has 20 heavy (non-hydrogen) atoms. The Morgan fingerprint density at radius 3 is 2.95 bits per heavy atom. The molecule has 0 saturated heterocycles. The zero-order chi connectivity index (χ0) is 14.1. The monoisotopic (exact) mass is 312 g/mol. The molecule has 1 saturated carbocycles. The summed E-state index contributed by atoms with van der Waals surface area (Å²) in [6, 6.07) is 0. The fraction of sp³-hybridized carbons (Fsp3) is 0.417. The molecule has 0 unspecified atom stereocenters. The second-order valence-electron chi connectivity index (χ2n) is 4.83. The van der Waals surface area contributed by atoms with Crippen LogP contribution in [-0.2, 0) is 13.1 Å². The number of aromatic amines is 1. The first-order valence-corrected chi connectivity index (χ1v) is 7.55. The van der Waals surface area contributed by atoms with E-state index >= 15 is 0 Å². The van der Waals surface area contributed by atoms with Crippen molar-refractivity contribution in [3.63, 3.8) is 0 Å². The molecule has 0 aliphatic heterocycles. The van der Waals surface area contributed by atoms with E-state index in [1.165, 1.54) is 10.9 Å². The van der Waals surface area contributed by atoms with E-state index in [0.29, 0.717) is 29.7 Å². The van der Waals surface area contributed by atoms with Crippen molar-refractivity contribution < 1.29 is 0 Å². The quantitative estimate of drug-likeness (QED) is 0.880. The largest absolute Gasteiger partial charge is 0.374 e. The van der Waals surface area contributed by atoms with Gasteiger partial charge in [0.1, 0.15) is 5.69 Å². The van der Waals surface area contributed by atoms with Crippen molar-refractivity contribution in [1.29, 1.82) is 0 Å². The minimum atomic E-state index is -0.220. The molecule has 1 fully saturated rings. The maximum Gasteiger partial charge on any atom is 0.304 e. The number of thiazole rings is 1. The molecule has 1 aliphatic carbocycles. The molecule has 0 atom stereocenters. The Bertz CT molecular complexity index is 732. The number of rotatable bonds is 5. The van der Waals surface area contributed by atoms with Gasteiger partial charge in [-0.2, -0.15) is 5.10 Å². The highest BCUT2D eigenvalue weighted by Gasteiger charge is 2.23. The summed E-state index contributed by atoms with van der Waals surface area (Å²) in [5.41, 5.74) is 0.831. The fourth-order valence-corrected chi connectivity index (χ4v) is 2.66. The number of hydrogen-bond acceptors (Lipinski definition) is 5. The van der Waals surface area contributed by atoms with E-state index in [1.807, 2.05) is 0 Å². The number of nitrogens with one attached hydrogen (secondary N) is 2. The Kier molecular flexibility index (Phi) is 3.62. The van der Waals surface area contributed by atoms with Crippen molar-refractivity contribution >= 4 is 28.6 Å². The van der Waals surface area contributed by atoms with Gasteiger partial charge in [-0.05, 0) is 18.8 Å². The summed E-state index contributed by atoms with van der Waals surface area (Å²) in [6.45, 7) is 0.987. The lowest BCUT2D eigenvalue weighted by Gasteiger charge is -2.09. The van der Waals surface area contributed by atoms with E-state index in [1.54, 1.807) is 5.38 Å². The van der Waals surface area contributed by atoms with Gasteiger partial charge in [-0.1, -0.05) is 22.9 Å². The summed E-state index contributed by atoms with van der Waals surface area (Å²) < 4.78 is 1.45. The number of hydrogen-bond donors (Lipinski definition) is 2. The summed E-state index contributed by atoms with van der Waals surface area (Å²) in [5, 5.41) is 9.04. The predicted molar refractivity (Wildman–Crippen MR) is 78.5 cm³/mol. The zero-order valence-electron chi connectivity index (χ0n) is 10.6. The lowest BCUT2D eigenvalue weighted by atomic mass is 10.4. The molecule has 0 aromatic carbocycles. The van der Waals surface area contributed by atoms with Crippen LogP contribution in [0.25, 0.3) is 0 Å². The summed E-state index contributed by atoms with van der Waals surface area (Å²) in [5.74, 6) is 0.558. The standard InChI is InChI=1S/C12H13ClN4O2S/c13-9-4-15-17(5-7-1-2-7)11(18)10(9)14-3-8-6-20-12(19)16-8/h4,6-7,14H,1-3,5H2,(H,16,19). The van der Waals surface area contributed by atoms with Crippen LogP contribution < -0.4 is 15.7 Å². The van der Waals surface area contributed by atoms with E-state index in [9.17, 15) is 9.59 Å². The second-order valence-corrected chi connectivity index (χ2v) is 6.07. The molecule has 106 valence electrons. The maximum atomic E-state index is 12.3. The van der Waals surface area contributed by atoms with E-state index < -0.39 is 0 Å². The Balaban J connectivity index is 1.80. The first-order chi connectivity index (χ1) is 9.63. The van der Waals surface area contributed by atoms with Gasteiger partial charge < -0.3 is 10.3 Å². The molecule has 2 aromatic heterocycles. The lowest BCUT2D eigenvalue weighted by molar-refractivity contribution is 0.534. The number of halogens is 1. The number of anilines is 1. The third kappa shape index (κ3) is 2.94. The molecule has 2 aromatic rings. The van der Waals surface area contributed by atoms with Crippen molar-refractivity contribution in [1.82, 2.24) is 14.8 Å². The molecular weight excluding hydrogens is 300 g/mol. The van der Waals surface area contributed by atoms with Crippen molar-refractivity contribution in [3.8, 4) is 0 Å². The highest BCUT2D eigenvalue weighted by molar-refractivity contribution is 7.07. The average Bonchev–Trinajstić information content (AvgIpc) is 3.14. The van der Waals surface area contributed by atoms with Gasteiger partial charge in [-0.25, -0.2) is 4.68 Å². The van der Waals surface area contributed by atoms with Crippen molar-refractivity contribution in [2.24, 2.45) is 5.92 Å². The lowest BCUT2D eigenvalue weighted by Crippen LogP contribution is -2.26. The molecule has 8 heteroatoms. The van der Waals surface area contributed by atoms with Crippen LogP contribution in [0.5, 0.6) is 0 Å². The van der Waals surface area contributed by atoms with Gasteiger partial charge in [0.15, 0.2) is 0 Å². The summed E-state index contributed by atoms with van der Waals surface area (Å²) in [7, 11) is 0. The molecule has 0 radical (unpaired) electrons. The smallest absolute Gasteiger partial charge is 0.304 e. The van der Waals surface area contributed by atoms with Crippen LogP contribution in [-0.4, -0.2) is 14.8 Å². The van der Waals surface area contributed by atoms with Crippen LogP contribution in [0.3, 0.4) is 0 Å². The molecule has 0 bridgehead atoms. The molecule has 6 nitrogen and oxygen atoms in total. The van der Waals surface area contributed by atoms with Crippen LogP contribution in [0, 0.1) is 5.92 Å². The number of H-pyrrole nitrogens is 1. The molecule has 1 aliphatic rings. The first-order valence-electron chi connectivity index (χ1n) is 6.29. The molecule has 0 spiro atoms. The molecule has 2 N–H and O–H groups in total. The summed E-state index contributed by atoms with van der Waals surface area (Å²) in [4.78, 5) is 25.9. The van der Waals surface area contributed by atoms with E-state index in [0.717, 1.165) is 29.9 Å². The van der Waals surface area contributed by atoms with Gasteiger partial charge in [0.2, 0.25) is 0 Å². The van der Waals surface area contributed by atoms with Gasteiger partial charge in [-0.15, -0.1) is 0 Å². The van der Waals surface area contributed by atoms with Gasteiger partial charge >= 0.3 is 4.87 Å². The topological polar surface area (TPSA) is 79.8 Å². The van der Waals surface area contributed by atoms with Crippen LogP contribution >= 0.6 is 22.9 Å². The van der Waals surface area contributed by atoms with Gasteiger partial charge in [0.05, 0.1) is 17.8 Å². The zero-order valence-corrected chi connectivity index (χ0v) is 12.1. The fourth-order valence-electron chi connectivity index (χ4n) is 1.89. The van der Waals surface area contributed by atoms with Crippen LogP contribution in [0.4, 0.5) is 5.69 Å². The molecule has 2 heterocycles. The third-order valence-electron chi connectivity index (χ3n) is 3.15. The average molecular weight is 313 g/mol. The maximum absolute atomic E-state index is 12.3. The van der Waals surface area contributed by atoms with Gasteiger partial charge in [0, 0.05) is 17.6 Å². The van der Waals surface area contributed by atoms with Crippen LogP contribution in [0.1, 0.15) is 18.5 Å². The molecular formula is C12H13ClN4O2S. The highest BCUT2D eigenvalue weighted by atomic mass is 35.5.